The molecule has 2 aromatic carbocycles. The summed E-state index contributed by atoms with van der Waals surface area (Å²) in [5, 5.41) is 2.81. The molecule has 0 bridgehead atoms. The quantitative estimate of drug-likeness (QED) is 0.543. The summed E-state index contributed by atoms with van der Waals surface area (Å²) in [5.74, 6) is 0.571. The highest BCUT2D eigenvalue weighted by molar-refractivity contribution is 5.98. The van der Waals surface area contributed by atoms with Crippen LogP contribution in [0.1, 0.15) is 28.8 Å². The van der Waals surface area contributed by atoms with Crippen LogP contribution in [0, 0.1) is 5.82 Å². The van der Waals surface area contributed by atoms with E-state index in [1.165, 1.54) is 12.1 Å². The summed E-state index contributed by atoms with van der Waals surface area (Å²) in [5.41, 5.74) is 2.52. The monoisotopic (exact) mass is 434 g/mol. The van der Waals surface area contributed by atoms with Crippen LogP contribution in [0.15, 0.2) is 60.8 Å². The van der Waals surface area contributed by atoms with Crippen LogP contribution in [0.2, 0.25) is 0 Å². The molecule has 0 radical (unpaired) electrons. The Hall–Kier alpha value is -3.74. The average molecular weight is 434 g/mol. The minimum Gasteiger partial charge on any atom is -0.497 e. The van der Waals surface area contributed by atoms with E-state index in [-0.39, 0.29) is 43.0 Å². The average Bonchev–Trinajstić information content (AvgIpc) is 3.24. The Morgan fingerprint density at radius 1 is 1.16 bits per heavy atom. The van der Waals surface area contributed by atoms with E-state index < -0.39 is 0 Å². The summed E-state index contributed by atoms with van der Waals surface area (Å²) in [4.78, 5) is 28.8. The number of pyridine rings is 1. The molecule has 6 nitrogen and oxygen atoms in total. The summed E-state index contributed by atoms with van der Waals surface area (Å²) < 4.78 is 25.2. The zero-order chi connectivity index (χ0) is 22.5. The van der Waals surface area contributed by atoms with E-state index in [4.69, 9.17) is 9.47 Å². The number of fused-ring (bicyclic) bond motifs is 1. The molecule has 1 N–H and O–H groups in total. The number of rotatable bonds is 8. The van der Waals surface area contributed by atoms with Crippen molar-refractivity contribution in [3.8, 4) is 22.8 Å². The van der Waals surface area contributed by atoms with Gasteiger partial charge in [-0.2, -0.15) is 0 Å². The summed E-state index contributed by atoms with van der Waals surface area (Å²) in [6.45, 7) is 0.271. The molecule has 1 unspecified atom stereocenters. The second-order valence-corrected chi connectivity index (χ2v) is 7.56. The van der Waals surface area contributed by atoms with Crippen LogP contribution in [0.5, 0.6) is 11.5 Å². The SMILES string of the molecule is COc1ccc(C(=O)CCC(=O)NCC2Cc3cc(F)cc(-c4ccccn4)c3O2)cc1. The van der Waals surface area contributed by atoms with Gasteiger partial charge in [0.1, 0.15) is 23.4 Å². The lowest BCUT2D eigenvalue weighted by molar-refractivity contribution is -0.121. The third-order valence-electron chi connectivity index (χ3n) is 5.32. The van der Waals surface area contributed by atoms with E-state index >= 15 is 0 Å². The number of benzene rings is 2. The Bertz CT molecular complexity index is 1120. The van der Waals surface area contributed by atoms with Gasteiger partial charge in [-0.3, -0.25) is 14.6 Å². The first-order valence-electron chi connectivity index (χ1n) is 10.4. The van der Waals surface area contributed by atoms with Crippen LogP contribution in [-0.4, -0.2) is 36.4 Å². The van der Waals surface area contributed by atoms with Gasteiger partial charge in [0.05, 0.1) is 19.3 Å². The molecule has 0 fully saturated rings. The third-order valence-corrected chi connectivity index (χ3v) is 5.32. The highest BCUT2D eigenvalue weighted by Crippen LogP contribution is 2.38. The molecule has 3 aromatic rings. The van der Waals surface area contributed by atoms with Gasteiger partial charge in [0.25, 0.3) is 0 Å². The number of carbonyl (C=O) groups is 2. The molecular formula is C25H23FN2O4. The molecule has 1 aliphatic heterocycles. The largest absolute Gasteiger partial charge is 0.497 e. The number of hydrogen-bond acceptors (Lipinski definition) is 5. The maximum atomic E-state index is 14.1. The Morgan fingerprint density at radius 2 is 1.97 bits per heavy atom. The molecular weight excluding hydrogens is 411 g/mol. The normalized spacial score (nSPS) is 14.4. The highest BCUT2D eigenvalue weighted by atomic mass is 19.1. The predicted molar refractivity (Wildman–Crippen MR) is 117 cm³/mol. The Labute approximate surface area is 185 Å². The van der Waals surface area contributed by atoms with Crippen molar-refractivity contribution in [1.29, 1.82) is 0 Å². The first-order chi connectivity index (χ1) is 15.5. The maximum Gasteiger partial charge on any atom is 0.220 e. The lowest BCUT2D eigenvalue weighted by Gasteiger charge is -2.13. The van der Waals surface area contributed by atoms with Gasteiger partial charge in [-0.05, 0) is 48.5 Å². The van der Waals surface area contributed by atoms with Crippen molar-refractivity contribution in [3.05, 3.63) is 77.7 Å². The van der Waals surface area contributed by atoms with Gasteiger partial charge < -0.3 is 14.8 Å². The number of hydrogen-bond donors (Lipinski definition) is 1. The van der Waals surface area contributed by atoms with Gasteiger partial charge in [-0.1, -0.05) is 6.07 Å². The number of methoxy groups -OCH3 is 1. The summed E-state index contributed by atoms with van der Waals surface area (Å²) >= 11 is 0. The van der Waals surface area contributed by atoms with E-state index in [0.29, 0.717) is 34.7 Å². The van der Waals surface area contributed by atoms with E-state index in [9.17, 15) is 14.0 Å². The second-order valence-electron chi connectivity index (χ2n) is 7.56. The Balaban J connectivity index is 1.30. The number of nitrogens with one attached hydrogen (secondary N) is 1. The van der Waals surface area contributed by atoms with Crippen molar-refractivity contribution in [2.24, 2.45) is 0 Å². The smallest absolute Gasteiger partial charge is 0.220 e. The summed E-state index contributed by atoms with van der Waals surface area (Å²) in [6.07, 6.45) is 2.01. The van der Waals surface area contributed by atoms with Crippen molar-refractivity contribution in [1.82, 2.24) is 10.3 Å². The number of ether oxygens (including phenoxy) is 2. The van der Waals surface area contributed by atoms with Gasteiger partial charge in [0, 0.05) is 42.1 Å². The second kappa shape index (κ2) is 9.60. The molecule has 1 amide bonds. The lowest BCUT2D eigenvalue weighted by atomic mass is 10.0. The number of amides is 1. The van der Waals surface area contributed by atoms with E-state index in [2.05, 4.69) is 10.3 Å². The summed E-state index contributed by atoms with van der Waals surface area (Å²) in [7, 11) is 1.56. The minimum atomic E-state index is -0.352. The zero-order valence-corrected chi connectivity index (χ0v) is 17.6. The number of carbonyl (C=O) groups excluding carboxylic acids is 2. The Morgan fingerprint density at radius 3 is 2.69 bits per heavy atom. The van der Waals surface area contributed by atoms with Crippen molar-refractivity contribution in [3.63, 3.8) is 0 Å². The molecule has 1 atom stereocenters. The fourth-order valence-corrected chi connectivity index (χ4v) is 3.69. The maximum absolute atomic E-state index is 14.1. The fraction of sp³-hybridized carbons (Fsp3) is 0.240. The number of halogens is 1. The number of ketones is 1. The molecule has 0 aliphatic carbocycles. The fourth-order valence-electron chi connectivity index (χ4n) is 3.69. The highest BCUT2D eigenvalue weighted by Gasteiger charge is 2.27. The molecule has 0 saturated heterocycles. The molecule has 164 valence electrons. The number of aromatic nitrogens is 1. The van der Waals surface area contributed by atoms with Gasteiger partial charge in [-0.15, -0.1) is 0 Å². The molecule has 4 rings (SSSR count). The Kier molecular flexibility index (Phi) is 6.44. The van der Waals surface area contributed by atoms with Crippen LogP contribution >= 0.6 is 0 Å². The van der Waals surface area contributed by atoms with E-state index in [1.54, 1.807) is 49.7 Å². The van der Waals surface area contributed by atoms with Crippen LogP contribution in [0.25, 0.3) is 11.3 Å². The van der Waals surface area contributed by atoms with Crippen LogP contribution in [0.3, 0.4) is 0 Å². The molecule has 32 heavy (non-hydrogen) atoms. The molecule has 0 spiro atoms. The van der Waals surface area contributed by atoms with Crippen LogP contribution in [-0.2, 0) is 11.2 Å². The van der Waals surface area contributed by atoms with Gasteiger partial charge in [-0.25, -0.2) is 4.39 Å². The zero-order valence-electron chi connectivity index (χ0n) is 17.6. The van der Waals surface area contributed by atoms with E-state index in [1.807, 2.05) is 6.07 Å². The van der Waals surface area contributed by atoms with Crippen molar-refractivity contribution < 1.29 is 23.5 Å². The van der Waals surface area contributed by atoms with Gasteiger partial charge in [0.15, 0.2) is 5.78 Å². The van der Waals surface area contributed by atoms with Crippen molar-refractivity contribution in [2.45, 2.75) is 25.4 Å². The standard InChI is InChI=1S/C25H23FN2O4/c1-31-19-7-5-16(6-8-19)23(29)9-10-24(30)28-15-20-13-17-12-18(26)14-21(25(17)32-20)22-4-2-3-11-27-22/h2-8,11-12,14,20H,9-10,13,15H2,1H3,(H,28,30). The van der Waals surface area contributed by atoms with Crippen molar-refractivity contribution >= 4 is 11.7 Å². The molecule has 7 heteroatoms. The van der Waals surface area contributed by atoms with Gasteiger partial charge in [0.2, 0.25) is 5.91 Å². The van der Waals surface area contributed by atoms with Crippen molar-refractivity contribution in [2.75, 3.05) is 13.7 Å². The molecule has 0 saturated carbocycles. The van der Waals surface area contributed by atoms with Crippen LogP contribution < -0.4 is 14.8 Å². The molecule has 2 heterocycles. The van der Waals surface area contributed by atoms with E-state index in [0.717, 1.165) is 5.56 Å². The topological polar surface area (TPSA) is 77.5 Å². The number of nitrogens with zero attached hydrogens (tertiary/aromatic N) is 1. The summed E-state index contributed by atoms with van der Waals surface area (Å²) in [6, 6.07) is 15.1. The first-order valence-corrected chi connectivity index (χ1v) is 10.4. The first kappa shape index (κ1) is 21.5. The van der Waals surface area contributed by atoms with Gasteiger partial charge >= 0.3 is 0 Å². The lowest BCUT2D eigenvalue weighted by Crippen LogP contribution is -2.34. The minimum absolute atomic E-state index is 0.0817. The molecule has 1 aromatic heterocycles. The van der Waals surface area contributed by atoms with Crippen LogP contribution in [0.4, 0.5) is 4.39 Å². The number of Topliss-reactive ketones (excluding diaryl/α,β-unsaturated/α-hetero) is 1. The third kappa shape index (κ3) is 4.94. The molecule has 1 aliphatic rings. The predicted octanol–water partition coefficient (Wildman–Crippen LogP) is 3.98.